The van der Waals surface area contributed by atoms with E-state index in [1.54, 1.807) is 12.1 Å². The van der Waals surface area contributed by atoms with Crippen LogP contribution in [0.2, 0.25) is 5.02 Å². The molecule has 0 aromatic heterocycles. The fourth-order valence-electron chi connectivity index (χ4n) is 3.80. The average Bonchev–Trinajstić information content (AvgIpc) is 3.22. The lowest BCUT2D eigenvalue weighted by Gasteiger charge is -2.20. The largest absolute Gasteiger partial charge is 0.473 e. The summed E-state index contributed by atoms with van der Waals surface area (Å²) >= 11 is 6.16. The molecule has 3 aromatic rings. The van der Waals surface area contributed by atoms with Gasteiger partial charge in [-0.05, 0) is 37.3 Å². The molecule has 3 aromatic carbocycles. The van der Waals surface area contributed by atoms with Crippen molar-refractivity contribution < 1.29 is 55.2 Å². The van der Waals surface area contributed by atoms with Gasteiger partial charge in [-0.15, -0.1) is 0 Å². The molecule has 0 spiro atoms. The Morgan fingerprint density at radius 2 is 1.72 bits per heavy atom. The predicted octanol–water partition coefficient (Wildman–Crippen LogP) is 5.89. The van der Waals surface area contributed by atoms with Crippen LogP contribution in [0.15, 0.2) is 36.1 Å². The van der Waals surface area contributed by atoms with Crippen molar-refractivity contribution in [1.29, 1.82) is 0 Å². The summed E-state index contributed by atoms with van der Waals surface area (Å²) in [6, 6.07) is 7.01. The smallest absolute Gasteiger partial charge is 0.352 e. The second-order valence-electron chi connectivity index (χ2n) is 8.27. The Morgan fingerprint density at radius 1 is 1.03 bits per heavy atom. The fourth-order valence-corrected chi connectivity index (χ4v) is 4.05. The third-order valence-corrected chi connectivity index (χ3v) is 5.86. The van der Waals surface area contributed by atoms with Crippen LogP contribution in [0.3, 0.4) is 0 Å². The highest BCUT2D eigenvalue weighted by molar-refractivity contribution is 6.31. The van der Waals surface area contributed by atoms with Crippen LogP contribution in [0.5, 0.6) is 23.0 Å². The molecule has 7 nitrogen and oxygen atoms in total. The molecule has 0 saturated heterocycles. The molecule has 0 aliphatic carbocycles. The summed E-state index contributed by atoms with van der Waals surface area (Å²) in [6.45, 7) is 1.26. The molecule has 0 amide bonds. The van der Waals surface area contributed by atoms with Crippen LogP contribution in [0.1, 0.15) is 28.4 Å². The Kier molecular flexibility index (Phi) is 6.91. The van der Waals surface area contributed by atoms with Gasteiger partial charge >= 0.3 is 5.97 Å². The van der Waals surface area contributed by atoms with Crippen molar-refractivity contribution in [2.24, 2.45) is 0 Å². The molecule has 0 saturated carbocycles. The molecule has 1 unspecified atom stereocenters. The maximum absolute atomic E-state index is 13.9. The van der Waals surface area contributed by atoms with Crippen molar-refractivity contribution in [2.75, 3.05) is 6.79 Å². The summed E-state index contributed by atoms with van der Waals surface area (Å²) in [7, 11) is 0. The van der Waals surface area contributed by atoms with Gasteiger partial charge in [-0.3, -0.25) is 4.79 Å². The number of rotatable bonds is 5. The topological polar surface area (TPSA) is 80.3 Å². The lowest BCUT2D eigenvalue weighted by atomic mass is 10.1. The molecular weight excluding hydrogens is 555 g/mol. The van der Waals surface area contributed by atoms with E-state index in [0.29, 0.717) is 21.9 Å². The van der Waals surface area contributed by atoms with Gasteiger partial charge in [0.2, 0.25) is 34.9 Å². The van der Waals surface area contributed by atoms with Crippen LogP contribution < -0.4 is 18.9 Å². The Morgan fingerprint density at radius 3 is 2.44 bits per heavy atom. The Hall–Kier alpha value is -4.16. The van der Waals surface area contributed by atoms with Crippen molar-refractivity contribution in [3.05, 3.63) is 86.9 Å². The standard InChI is InChI=1S/C26H14ClF5O7/c1-10(37-25-21(31)19(29)18(28)20(30)22(25)32)26(34)38-14-2-3-15-16(7-14)39-17(23(15)33)6-11-4-13(27)5-12-8-35-9-36-24(11)12/h2-7,10H,8-9H2,1H3/b17-6-. The molecule has 13 heteroatoms. The van der Waals surface area contributed by atoms with E-state index in [0.717, 1.165) is 6.92 Å². The molecule has 0 radical (unpaired) electrons. The van der Waals surface area contributed by atoms with E-state index in [9.17, 15) is 31.5 Å². The van der Waals surface area contributed by atoms with Gasteiger partial charge < -0.3 is 23.7 Å². The summed E-state index contributed by atoms with van der Waals surface area (Å²) in [6.07, 6.45) is -0.355. The van der Waals surface area contributed by atoms with Crippen LogP contribution in [0.25, 0.3) is 6.08 Å². The molecule has 5 rings (SSSR count). The zero-order valence-electron chi connectivity index (χ0n) is 19.6. The monoisotopic (exact) mass is 568 g/mol. The predicted molar refractivity (Wildman–Crippen MR) is 123 cm³/mol. The number of esters is 1. The highest BCUT2D eigenvalue weighted by Crippen LogP contribution is 2.38. The third-order valence-electron chi connectivity index (χ3n) is 5.65. The van der Waals surface area contributed by atoms with Gasteiger partial charge in [0.15, 0.2) is 24.4 Å². The summed E-state index contributed by atoms with van der Waals surface area (Å²) in [5.74, 6) is -14.4. The molecule has 0 N–H and O–H groups in total. The maximum Gasteiger partial charge on any atom is 0.352 e. The van der Waals surface area contributed by atoms with Crippen LogP contribution in [0.4, 0.5) is 22.0 Å². The number of ether oxygens (including phenoxy) is 5. The number of hydrogen-bond donors (Lipinski definition) is 0. The van der Waals surface area contributed by atoms with Crippen LogP contribution in [-0.4, -0.2) is 24.6 Å². The lowest BCUT2D eigenvalue weighted by Crippen LogP contribution is -2.29. The summed E-state index contributed by atoms with van der Waals surface area (Å²) < 4.78 is 94.0. The molecule has 2 aliphatic rings. The van der Waals surface area contributed by atoms with Crippen molar-refractivity contribution >= 4 is 29.4 Å². The zero-order valence-corrected chi connectivity index (χ0v) is 20.3. The fraction of sp³-hybridized carbons (Fsp3) is 0.154. The van der Waals surface area contributed by atoms with E-state index < -0.39 is 52.7 Å². The van der Waals surface area contributed by atoms with E-state index in [1.807, 2.05) is 0 Å². The van der Waals surface area contributed by atoms with Gasteiger partial charge in [0.1, 0.15) is 17.2 Å². The number of halogens is 6. The van der Waals surface area contributed by atoms with Gasteiger partial charge in [0, 0.05) is 22.2 Å². The number of allylic oxidation sites excluding steroid dienone is 1. The SMILES string of the molecule is CC(Oc1c(F)c(F)c(F)c(F)c1F)C(=O)Oc1ccc2c(c1)O/C(=C\c1cc(Cl)cc3c1OCOC3)C2=O. The van der Waals surface area contributed by atoms with E-state index in [1.165, 1.54) is 24.3 Å². The minimum absolute atomic E-state index is 0.0149. The molecule has 1 atom stereocenters. The molecule has 0 bridgehead atoms. The quantitative estimate of drug-likeness (QED) is 0.0948. The van der Waals surface area contributed by atoms with Gasteiger partial charge in [-0.1, -0.05) is 11.6 Å². The summed E-state index contributed by atoms with van der Waals surface area (Å²) in [5.41, 5.74) is 1.30. The number of benzene rings is 3. The number of hydrogen-bond acceptors (Lipinski definition) is 7. The maximum atomic E-state index is 13.9. The Bertz CT molecular complexity index is 1540. The number of ketones is 1. The summed E-state index contributed by atoms with van der Waals surface area (Å²) in [4.78, 5) is 25.3. The first-order chi connectivity index (χ1) is 18.5. The van der Waals surface area contributed by atoms with Gasteiger partial charge in [-0.25, -0.2) is 18.0 Å². The minimum Gasteiger partial charge on any atom is -0.473 e. The van der Waals surface area contributed by atoms with Crippen molar-refractivity contribution in [2.45, 2.75) is 19.6 Å². The van der Waals surface area contributed by atoms with E-state index in [-0.39, 0.29) is 36.2 Å². The van der Waals surface area contributed by atoms with Gasteiger partial charge in [-0.2, -0.15) is 8.78 Å². The molecule has 39 heavy (non-hydrogen) atoms. The first kappa shape index (κ1) is 26.4. The number of fused-ring (bicyclic) bond motifs is 2. The molecule has 0 fully saturated rings. The number of carbonyl (C=O) groups is 2. The van der Waals surface area contributed by atoms with Crippen molar-refractivity contribution in [3.8, 4) is 23.0 Å². The Balaban J connectivity index is 1.33. The highest BCUT2D eigenvalue weighted by atomic mass is 35.5. The molecular formula is C26H14ClF5O7. The lowest BCUT2D eigenvalue weighted by molar-refractivity contribution is -0.141. The third kappa shape index (κ3) is 4.88. The first-order valence-corrected chi connectivity index (χ1v) is 11.4. The van der Waals surface area contributed by atoms with Crippen LogP contribution in [-0.2, 0) is 16.1 Å². The minimum atomic E-state index is -2.37. The van der Waals surface area contributed by atoms with E-state index in [2.05, 4.69) is 4.74 Å². The highest BCUT2D eigenvalue weighted by Gasteiger charge is 2.32. The Labute approximate surface area is 221 Å². The second-order valence-corrected chi connectivity index (χ2v) is 8.71. The summed E-state index contributed by atoms with van der Waals surface area (Å²) in [5, 5.41) is 0.383. The van der Waals surface area contributed by atoms with Gasteiger partial charge in [0.25, 0.3) is 0 Å². The molecule has 2 heterocycles. The van der Waals surface area contributed by atoms with E-state index >= 15 is 0 Å². The number of Topliss-reactive ketones (excluding diaryl/α,β-unsaturated/α-hetero) is 1. The zero-order chi connectivity index (χ0) is 28.0. The van der Waals surface area contributed by atoms with E-state index in [4.69, 9.17) is 30.5 Å². The molecule has 202 valence electrons. The van der Waals surface area contributed by atoms with Crippen LogP contribution >= 0.6 is 11.6 Å². The number of carbonyl (C=O) groups excluding carboxylic acids is 2. The first-order valence-electron chi connectivity index (χ1n) is 11.1. The normalized spacial score (nSPS) is 15.8. The van der Waals surface area contributed by atoms with Crippen molar-refractivity contribution in [1.82, 2.24) is 0 Å². The second kappa shape index (κ2) is 10.2. The van der Waals surface area contributed by atoms with Crippen LogP contribution in [0, 0.1) is 29.1 Å². The van der Waals surface area contributed by atoms with Gasteiger partial charge in [0.05, 0.1) is 12.2 Å². The average molecular weight is 569 g/mol. The molecule has 2 aliphatic heterocycles. The van der Waals surface area contributed by atoms with Crippen molar-refractivity contribution in [3.63, 3.8) is 0 Å².